The van der Waals surface area contributed by atoms with E-state index in [-0.39, 0.29) is 11.8 Å². The fourth-order valence-electron chi connectivity index (χ4n) is 2.10. The summed E-state index contributed by atoms with van der Waals surface area (Å²) in [6.45, 7) is 0. The first-order valence-electron chi connectivity index (χ1n) is 5.86. The maximum Gasteiger partial charge on any atom is 0.307 e. The van der Waals surface area contributed by atoms with E-state index in [1.54, 1.807) is 16.4 Å². The minimum atomic E-state index is -0.780. The number of tetrazole rings is 1. The van der Waals surface area contributed by atoms with Crippen molar-refractivity contribution in [2.24, 2.45) is 5.92 Å². The molecule has 1 aliphatic carbocycles. The zero-order valence-corrected chi connectivity index (χ0v) is 11.0. The summed E-state index contributed by atoms with van der Waals surface area (Å²) in [7, 11) is 0. The molecule has 7 heteroatoms. The second-order valence-corrected chi connectivity index (χ2v) is 5.32. The largest absolute Gasteiger partial charge is 0.481 e. The number of benzene rings is 1. The Morgan fingerprint density at radius 3 is 3.05 bits per heavy atom. The lowest BCUT2D eigenvalue weighted by Crippen LogP contribution is -2.05. The highest BCUT2D eigenvalue weighted by Gasteiger charge is 2.47. The van der Waals surface area contributed by atoms with Gasteiger partial charge in [0, 0.05) is 10.8 Å². The minimum Gasteiger partial charge on any atom is -0.481 e. The second-order valence-electron chi connectivity index (χ2n) is 4.44. The number of carboxylic acids is 1. The molecule has 0 saturated heterocycles. The van der Waals surface area contributed by atoms with Crippen LogP contribution in [0.4, 0.5) is 0 Å². The number of aromatic nitrogens is 4. The molecule has 98 valence electrons. The molecule has 0 radical (unpaired) electrons. The maximum atomic E-state index is 10.9. The lowest BCUT2D eigenvalue weighted by Gasteiger charge is -2.05. The topological polar surface area (TPSA) is 80.9 Å². The fourth-order valence-corrected chi connectivity index (χ4v) is 2.56. The van der Waals surface area contributed by atoms with E-state index < -0.39 is 5.97 Å². The van der Waals surface area contributed by atoms with Crippen molar-refractivity contribution in [2.75, 3.05) is 6.26 Å². The number of thioether (sulfide) groups is 1. The summed E-state index contributed by atoms with van der Waals surface area (Å²) in [4.78, 5) is 12.0. The van der Waals surface area contributed by atoms with Gasteiger partial charge in [0.05, 0.1) is 11.6 Å². The highest BCUT2D eigenvalue weighted by atomic mass is 32.2. The van der Waals surface area contributed by atoms with Crippen LogP contribution in [-0.4, -0.2) is 37.5 Å². The van der Waals surface area contributed by atoms with Crippen molar-refractivity contribution in [3.63, 3.8) is 0 Å². The average Bonchev–Trinajstić information content (AvgIpc) is 3.09. The molecule has 19 heavy (non-hydrogen) atoms. The van der Waals surface area contributed by atoms with Gasteiger partial charge in [-0.3, -0.25) is 4.79 Å². The lowest BCUT2D eigenvalue weighted by molar-refractivity contribution is -0.138. The predicted molar refractivity (Wildman–Crippen MR) is 69.4 cm³/mol. The van der Waals surface area contributed by atoms with Crippen LogP contribution in [0.1, 0.15) is 18.2 Å². The molecule has 1 fully saturated rings. The highest BCUT2D eigenvalue weighted by Crippen LogP contribution is 2.46. The van der Waals surface area contributed by atoms with E-state index in [2.05, 4.69) is 15.5 Å². The van der Waals surface area contributed by atoms with E-state index in [9.17, 15) is 4.79 Å². The molecular formula is C12H12N4O2S. The molecule has 3 rings (SSSR count). The molecule has 1 aromatic heterocycles. The normalized spacial score (nSPS) is 21.3. The van der Waals surface area contributed by atoms with Gasteiger partial charge in [0.15, 0.2) is 5.82 Å². The van der Waals surface area contributed by atoms with Crippen LogP contribution < -0.4 is 0 Å². The van der Waals surface area contributed by atoms with Gasteiger partial charge in [-0.2, -0.15) is 4.68 Å². The van der Waals surface area contributed by atoms with E-state index >= 15 is 0 Å². The highest BCUT2D eigenvalue weighted by molar-refractivity contribution is 7.98. The smallest absolute Gasteiger partial charge is 0.307 e. The first kappa shape index (κ1) is 12.2. The summed E-state index contributed by atoms with van der Waals surface area (Å²) in [6.07, 6.45) is 2.61. The van der Waals surface area contributed by atoms with Gasteiger partial charge in [-0.1, -0.05) is 6.07 Å². The molecule has 0 aliphatic heterocycles. The molecule has 1 N–H and O–H groups in total. The van der Waals surface area contributed by atoms with Gasteiger partial charge in [-0.05, 0) is 41.3 Å². The zero-order chi connectivity index (χ0) is 13.4. The molecule has 6 nitrogen and oxygen atoms in total. The molecule has 1 saturated carbocycles. The Balaban J connectivity index is 1.94. The van der Waals surface area contributed by atoms with Crippen LogP contribution in [0.3, 0.4) is 0 Å². The van der Waals surface area contributed by atoms with Crippen molar-refractivity contribution in [1.82, 2.24) is 20.2 Å². The van der Waals surface area contributed by atoms with Crippen molar-refractivity contribution < 1.29 is 9.90 Å². The van der Waals surface area contributed by atoms with Crippen LogP contribution in [0.25, 0.3) is 5.69 Å². The summed E-state index contributed by atoms with van der Waals surface area (Å²) in [6, 6.07) is 7.85. The number of hydrogen-bond donors (Lipinski definition) is 1. The third kappa shape index (κ3) is 2.21. The van der Waals surface area contributed by atoms with E-state index in [0.717, 1.165) is 10.6 Å². The molecule has 1 aromatic carbocycles. The number of rotatable bonds is 4. The van der Waals surface area contributed by atoms with Gasteiger partial charge in [0.25, 0.3) is 0 Å². The van der Waals surface area contributed by atoms with E-state index in [4.69, 9.17) is 5.11 Å². The standard InChI is InChI=1S/C12H12N4O2S/c1-19-8-4-2-3-7(5-8)16-11(13-14-15-16)9-6-10(9)12(17)18/h2-5,9-10H,6H2,1H3,(H,17,18). The Morgan fingerprint density at radius 1 is 1.53 bits per heavy atom. The molecular weight excluding hydrogens is 264 g/mol. The summed E-state index contributed by atoms with van der Waals surface area (Å²) < 4.78 is 1.63. The molecule has 2 unspecified atom stereocenters. The van der Waals surface area contributed by atoms with Crippen LogP contribution in [0.5, 0.6) is 0 Å². The Kier molecular flexibility index (Phi) is 2.98. The van der Waals surface area contributed by atoms with E-state index in [1.165, 1.54) is 0 Å². The maximum absolute atomic E-state index is 10.9. The van der Waals surface area contributed by atoms with Crippen molar-refractivity contribution in [3.8, 4) is 5.69 Å². The number of nitrogens with zero attached hydrogens (tertiary/aromatic N) is 4. The van der Waals surface area contributed by atoms with Gasteiger partial charge in [0.2, 0.25) is 0 Å². The molecule has 2 aromatic rings. The first-order valence-corrected chi connectivity index (χ1v) is 7.08. The second kappa shape index (κ2) is 4.65. The molecule has 0 amide bonds. The van der Waals surface area contributed by atoms with Gasteiger partial charge < -0.3 is 5.11 Å². The summed E-state index contributed by atoms with van der Waals surface area (Å²) in [5.41, 5.74) is 0.864. The molecule has 2 atom stereocenters. The molecule has 0 spiro atoms. The van der Waals surface area contributed by atoms with Gasteiger partial charge in [-0.25, -0.2) is 0 Å². The number of carbonyl (C=O) groups is 1. The van der Waals surface area contributed by atoms with Crippen molar-refractivity contribution in [2.45, 2.75) is 17.2 Å². The van der Waals surface area contributed by atoms with Crippen molar-refractivity contribution in [3.05, 3.63) is 30.1 Å². The third-order valence-electron chi connectivity index (χ3n) is 3.23. The van der Waals surface area contributed by atoms with Crippen LogP contribution in [0.2, 0.25) is 0 Å². The van der Waals surface area contributed by atoms with E-state index in [1.807, 2.05) is 30.5 Å². The molecule has 1 heterocycles. The monoisotopic (exact) mass is 276 g/mol. The van der Waals surface area contributed by atoms with Gasteiger partial charge in [-0.15, -0.1) is 16.9 Å². The Labute approximate surface area is 113 Å². The Morgan fingerprint density at radius 2 is 2.37 bits per heavy atom. The first-order chi connectivity index (χ1) is 9.20. The summed E-state index contributed by atoms with van der Waals surface area (Å²) >= 11 is 1.64. The third-order valence-corrected chi connectivity index (χ3v) is 3.96. The van der Waals surface area contributed by atoms with Gasteiger partial charge >= 0.3 is 5.97 Å². The van der Waals surface area contributed by atoms with Crippen LogP contribution in [-0.2, 0) is 4.79 Å². The number of hydrogen-bond acceptors (Lipinski definition) is 5. The number of carboxylic acid groups (broad SMARTS) is 1. The summed E-state index contributed by atoms with van der Waals surface area (Å²) in [5.74, 6) is -0.581. The lowest BCUT2D eigenvalue weighted by atomic mass is 10.2. The SMILES string of the molecule is CSc1cccc(-n2nnnc2C2CC2C(=O)O)c1. The average molecular weight is 276 g/mol. The van der Waals surface area contributed by atoms with E-state index in [0.29, 0.717) is 12.2 Å². The minimum absolute atomic E-state index is 0.0783. The van der Waals surface area contributed by atoms with Crippen molar-refractivity contribution >= 4 is 17.7 Å². The van der Waals surface area contributed by atoms with Gasteiger partial charge in [0.1, 0.15) is 0 Å². The van der Waals surface area contributed by atoms with Crippen molar-refractivity contribution in [1.29, 1.82) is 0 Å². The van der Waals surface area contributed by atoms with Crippen LogP contribution >= 0.6 is 11.8 Å². The quantitative estimate of drug-likeness (QED) is 0.854. The molecule has 1 aliphatic rings. The molecule has 0 bridgehead atoms. The Bertz CT molecular complexity index is 628. The zero-order valence-electron chi connectivity index (χ0n) is 10.2. The van der Waals surface area contributed by atoms with Crippen LogP contribution in [0.15, 0.2) is 29.2 Å². The Hall–Kier alpha value is -1.89. The van der Waals surface area contributed by atoms with Crippen LogP contribution in [0, 0.1) is 5.92 Å². The number of aliphatic carboxylic acids is 1. The fraction of sp³-hybridized carbons (Fsp3) is 0.333. The predicted octanol–water partition coefficient (Wildman–Crippen LogP) is 1.57. The summed E-state index contributed by atoms with van der Waals surface area (Å²) in [5, 5.41) is 20.6.